The van der Waals surface area contributed by atoms with E-state index in [2.05, 4.69) is 10.2 Å². The van der Waals surface area contributed by atoms with Gasteiger partial charge in [0.15, 0.2) is 4.77 Å². The first kappa shape index (κ1) is 8.31. The molecule has 0 spiro atoms. The number of hydrogen-bond acceptors (Lipinski definition) is 3. The third-order valence-electron chi connectivity index (χ3n) is 2.04. The molecule has 1 fully saturated rings. The number of H-pyrrole nitrogens is 1. The molecule has 1 aliphatic heterocycles. The minimum absolute atomic E-state index is 0.738. The van der Waals surface area contributed by atoms with Crippen molar-refractivity contribution in [1.29, 1.82) is 0 Å². The molecule has 3 nitrogen and oxygen atoms in total. The van der Waals surface area contributed by atoms with Crippen LogP contribution in [-0.2, 0) is 6.54 Å². The second kappa shape index (κ2) is 3.62. The van der Waals surface area contributed by atoms with E-state index in [9.17, 15) is 0 Å². The second-order valence-corrected chi connectivity index (χ2v) is 4.74. The molecule has 2 heterocycles. The Morgan fingerprint density at radius 3 is 3.33 bits per heavy atom. The number of thioether (sulfide) groups is 1. The molecule has 0 amide bonds. The van der Waals surface area contributed by atoms with Crippen LogP contribution in [0.5, 0.6) is 0 Å². The minimum atomic E-state index is 0.738. The van der Waals surface area contributed by atoms with Gasteiger partial charge in [-0.3, -0.25) is 5.10 Å². The zero-order chi connectivity index (χ0) is 8.39. The maximum absolute atomic E-state index is 5.06. The normalized spacial score (nSPS) is 23.2. The molecule has 0 saturated carbocycles. The molecule has 0 radical (unpaired) electrons. The van der Waals surface area contributed by atoms with Crippen LogP contribution in [0.25, 0.3) is 0 Å². The fourth-order valence-electron chi connectivity index (χ4n) is 1.41. The number of rotatable bonds is 2. The number of nitrogens with zero attached hydrogens (tertiary/aromatic N) is 2. The van der Waals surface area contributed by atoms with Crippen LogP contribution in [0.3, 0.4) is 0 Å². The maximum atomic E-state index is 5.06. The summed E-state index contributed by atoms with van der Waals surface area (Å²) in [6.45, 7) is 1.01. The SMILES string of the molecule is S=c1[nH]ncn1CC1CCCS1. The van der Waals surface area contributed by atoms with Gasteiger partial charge in [-0.15, -0.1) is 0 Å². The third-order valence-corrected chi connectivity index (χ3v) is 3.75. The molecule has 0 aliphatic carbocycles. The summed E-state index contributed by atoms with van der Waals surface area (Å²) in [6, 6.07) is 0. The van der Waals surface area contributed by atoms with Gasteiger partial charge in [-0.2, -0.15) is 16.9 Å². The standard InChI is InChI=1S/C7H11N3S2/c11-7-9-8-5-10(7)4-6-2-1-3-12-6/h5-6H,1-4H2,(H,9,11). The molecule has 1 aromatic heterocycles. The van der Waals surface area contributed by atoms with Crippen molar-refractivity contribution in [2.45, 2.75) is 24.6 Å². The first-order valence-corrected chi connectivity index (χ1v) is 5.53. The highest BCUT2D eigenvalue weighted by Gasteiger charge is 2.15. The predicted molar refractivity (Wildman–Crippen MR) is 52.9 cm³/mol. The summed E-state index contributed by atoms with van der Waals surface area (Å²) in [5.41, 5.74) is 0. The van der Waals surface area contributed by atoms with Crippen molar-refractivity contribution in [2.75, 3.05) is 5.75 Å². The highest BCUT2D eigenvalue weighted by atomic mass is 32.2. The summed E-state index contributed by atoms with van der Waals surface area (Å²) < 4.78 is 2.75. The molecule has 66 valence electrons. The number of aromatic amines is 1. The summed E-state index contributed by atoms with van der Waals surface area (Å²) in [5, 5.41) is 7.39. The highest BCUT2D eigenvalue weighted by molar-refractivity contribution is 8.00. The molecule has 0 bridgehead atoms. The van der Waals surface area contributed by atoms with Gasteiger partial charge in [0.05, 0.1) is 0 Å². The van der Waals surface area contributed by atoms with E-state index in [4.69, 9.17) is 12.2 Å². The van der Waals surface area contributed by atoms with Crippen molar-refractivity contribution < 1.29 is 0 Å². The molecule has 1 saturated heterocycles. The summed E-state index contributed by atoms with van der Waals surface area (Å²) in [5.74, 6) is 1.30. The van der Waals surface area contributed by atoms with Crippen LogP contribution in [0.4, 0.5) is 0 Å². The van der Waals surface area contributed by atoms with Crippen LogP contribution in [-0.4, -0.2) is 25.8 Å². The zero-order valence-corrected chi connectivity index (χ0v) is 8.33. The zero-order valence-electron chi connectivity index (χ0n) is 6.69. The van der Waals surface area contributed by atoms with Gasteiger partial charge in [-0.1, -0.05) is 0 Å². The van der Waals surface area contributed by atoms with E-state index < -0.39 is 0 Å². The lowest BCUT2D eigenvalue weighted by molar-refractivity contribution is 0.630. The number of nitrogens with one attached hydrogen (secondary N) is 1. The van der Waals surface area contributed by atoms with Crippen molar-refractivity contribution >= 4 is 24.0 Å². The van der Waals surface area contributed by atoms with Crippen molar-refractivity contribution in [2.24, 2.45) is 0 Å². The lowest BCUT2D eigenvalue weighted by atomic mass is 10.2. The minimum Gasteiger partial charge on any atom is -0.306 e. The molecular formula is C7H11N3S2. The predicted octanol–water partition coefficient (Wildman–Crippen LogP) is 1.84. The Morgan fingerprint density at radius 2 is 2.75 bits per heavy atom. The molecule has 1 unspecified atom stereocenters. The first-order chi connectivity index (χ1) is 5.86. The third kappa shape index (κ3) is 1.72. The van der Waals surface area contributed by atoms with Gasteiger partial charge in [0.2, 0.25) is 0 Å². The fraction of sp³-hybridized carbons (Fsp3) is 0.714. The summed E-state index contributed by atoms with van der Waals surface area (Å²) in [4.78, 5) is 0. The van der Waals surface area contributed by atoms with Crippen LogP contribution < -0.4 is 0 Å². The Balaban J connectivity index is 2.03. The smallest absolute Gasteiger partial charge is 0.194 e. The lowest BCUT2D eigenvalue weighted by Gasteiger charge is -2.07. The van der Waals surface area contributed by atoms with Gasteiger partial charge >= 0.3 is 0 Å². The van der Waals surface area contributed by atoms with Gasteiger partial charge in [0.25, 0.3) is 0 Å². The van der Waals surface area contributed by atoms with Gasteiger partial charge in [0.1, 0.15) is 6.33 Å². The Labute approximate surface area is 80.6 Å². The van der Waals surface area contributed by atoms with E-state index in [1.54, 1.807) is 6.33 Å². The Bertz CT molecular complexity index is 298. The molecule has 1 atom stereocenters. The Kier molecular flexibility index (Phi) is 2.51. The van der Waals surface area contributed by atoms with Crippen LogP contribution in [0, 0.1) is 4.77 Å². The monoisotopic (exact) mass is 201 g/mol. The van der Waals surface area contributed by atoms with Crippen molar-refractivity contribution in [3.05, 3.63) is 11.1 Å². The van der Waals surface area contributed by atoms with E-state index >= 15 is 0 Å². The second-order valence-electron chi connectivity index (χ2n) is 2.95. The van der Waals surface area contributed by atoms with Crippen LogP contribution in [0.2, 0.25) is 0 Å². The number of aromatic nitrogens is 3. The average molecular weight is 201 g/mol. The lowest BCUT2D eigenvalue weighted by Crippen LogP contribution is -2.08. The quantitative estimate of drug-likeness (QED) is 0.741. The Hall–Kier alpha value is -0.290. The van der Waals surface area contributed by atoms with Gasteiger partial charge in [-0.05, 0) is 30.8 Å². The Morgan fingerprint density at radius 1 is 1.83 bits per heavy atom. The highest BCUT2D eigenvalue weighted by Crippen LogP contribution is 2.27. The average Bonchev–Trinajstić information content (AvgIpc) is 2.65. The van der Waals surface area contributed by atoms with E-state index in [0.29, 0.717) is 0 Å². The molecule has 0 aromatic carbocycles. The number of hydrogen-bond donors (Lipinski definition) is 1. The molecule has 1 aromatic rings. The van der Waals surface area contributed by atoms with Crippen LogP contribution >= 0.6 is 24.0 Å². The molecule has 1 aliphatic rings. The van der Waals surface area contributed by atoms with Gasteiger partial charge in [-0.25, -0.2) is 0 Å². The van der Waals surface area contributed by atoms with E-state index in [1.807, 2.05) is 16.3 Å². The van der Waals surface area contributed by atoms with Crippen molar-refractivity contribution in [3.8, 4) is 0 Å². The molecule has 1 N–H and O–H groups in total. The summed E-state index contributed by atoms with van der Waals surface area (Å²) >= 11 is 7.10. The largest absolute Gasteiger partial charge is 0.306 e. The maximum Gasteiger partial charge on any atom is 0.194 e. The van der Waals surface area contributed by atoms with E-state index in [-0.39, 0.29) is 0 Å². The van der Waals surface area contributed by atoms with E-state index in [1.165, 1.54) is 18.6 Å². The van der Waals surface area contributed by atoms with Crippen LogP contribution in [0.15, 0.2) is 6.33 Å². The van der Waals surface area contributed by atoms with Crippen LogP contribution in [0.1, 0.15) is 12.8 Å². The topological polar surface area (TPSA) is 33.6 Å². The van der Waals surface area contributed by atoms with Crippen molar-refractivity contribution in [1.82, 2.24) is 14.8 Å². The van der Waals surface area contributed by atoms with E-state index in [0.717, 1.165) is 16.6 Å². The van der Waals surface area contributed by atoms with Gasteiger partial charge in [0, 0.05) is 11.8 Å². The summed E-state index contributed by atoms with van der Waals surface area (Å²) in [7, 11) is 0. The molecule has 2 rings (SSSR count). The van der Waals surface area contributed by atoms with Gasteiger partial charge < -0.3 is 4.57 Å². The molecule has 5 heteroatoms. The van der Waals surface area contributed by atoms with Crippen molar-refractivity contribution in [3.63, 3.8) is 0 Å². The molecule has 12 heavy (non-hydrogen) atoms. The summed E-state index contributed by atoms with van der Waals surface area (Å²) in [6.07, 6.45) is 4.44. The first-order valence-electron chi connectivity index (χ1n) is 4.07. The fourth-order valence-corrected chi connectivity index (χ4v) is 2.85. The molecular weight excluding hydrogens is 190 g/mol.